The van der Waals surface area contributed by atoms with E-state index in [2.05, 4.69) is 24.0 Å². The predicted molar refractivity (Wildman–Crippen MR) is 134 cm³/mol. The number of carboxylic acids is 1. The van der Waals surface area contributed by atoms with Crippen LogP contribution in [0.5, 0.6) is 0 Å². The van der Waals surface area contributed by atoms with Crippen molar-refractivity contribution in [1.82, 2.24) is 9.21 Å². The molecule has 6 nitrogen and oxygen atoms in total. The molecule has 7 heteroatoms. The molecule has 0 bridgehead atoms. The highest BCUT2D eigenvalue weighted by atomic mass is 32.2. The van der Waals surface area contributed by atoms with Crippen LogP contribution in [-0.4, -0.2) is 61.9 Å². The highest BCUT2D eigenvalue weighted by Crippen LogP contribution is 2.38. The number of rotatable bonds is 9. The molecule has 2 fully saturated rings. The van der Waals surface area contributed by atoms with Gasteiger partial charge in [-0.1, -0.05) is 50.1 Å². The first kappa shape index (κ1) is 24.9. The number of carboxylic acid groups (broad SMARTS) is 1. The summed E-state index contributed by atoms with van der Waals surface area (Å²) in [7, 11) is -2.13. The molecule has 2 aliphatic rings. The van der Waals surface area contributed by atoms with E-state index in [9.17, 15) is 13.2 Å². The van der Waals surface area contributed by atoms with Crippen LogP contribution in [-0.2, 0) is 15.4 Å². The molecule has 0 spiro atoms. The Labute approximate surface area is 203 Å². The Balaban J connectivity index is 1.50. The van der Waals surface area contributed by atoms with Crippen LogP contribution in [0.3, 0.4) is 0 Å². The highest BCUT2D eigenvalue weighted by molar-refractivity contribution is 7.89. The van der Waals surface area contributed by atoms with Crippen LogP contribution in [0.1, 0.15) is 54.9 Å². The lowest BCUT2D eigenvalue weighted by atomic mass is 9.78. The molecule has 1 saturated heterocycles. The molecular weight excluding hydrogens is 448 g/mol. The summed E-state index contributed by atoms with van der Waals surface area (Å²) >= 11 is 0. The third-order valence-electron chi connectivity index (χ3n) is 7.96. The third-order valence-corrected chi connectivity index (χ3v) is 9.77. The molecule has 0 aromatic heterocycles. The quantitative estimate of drug-likeness (QED) is 0.568. The van der Waals surface area contributed by atoms with Gasteiger partial charge in [0, 0.05) is 25.6 Å². The largest absolute Gasteiger partial charge is 0.478 e. The molecule has 1 aliphatic carbocycles. The second-order valence-electron chi connectivity index (χ2n) is 10.3. The Bertz CT molecular complexity index is 1090. The molecule has 1 N–H and O–H groups in total. The van der Waals surface area contributed by atoms with Crippen molar-refractivity contribution in [2.24, 2.45) is 11.8 Å². The minimum Gasteiger partial charge on any atom is -0.478 e. The average Bonchev–Trinajstić information content (AvgIpc) is 3.31. The van der Waals surface area contributed by atoms with Gasteiger partial charge in [-0.3, -0.25) is 0 Å². The summed E-state index contributed by atoms with van der Waals surface area (Å²) in [5.74, 6) is 0.657. The second-order valence-corrected chi connectivity index (χ2v) is 12.4. The van der Waals surface area contributed by atoms with Crippen LogP contribution < -0.4 is 0 Å². The number of hydrogen-bond donors (Lipinski definition) is 1. The summed E-state index contributed by atoms with van der Waals surface area (Å²) < 4.78 is 28.1. The molecule has 2 aromatic carbocycles. The maximum absolute atomic E-state index is 13.3. The molecular formula is C27H36N2O4S. The first-order valence-corrected chi connectivity index (χ1v) is 13.7. The zero-order valence-electron chi connectivity index (χ0n) is 20.2. The van der Waals surface area contributed by atoms with Gasteiger partial charge in [0.2, 0.25) is 10.0 Å². The first-order chi connectivity index (χ1) is 16.2. The van der Waals surface area contributed by atoms with Gasteiger partial charge in [0.15, 0.2) is 0 Å². The lowest BCUT2D eigenvalue weighted by molar-refractivity contribution is 0.0696. The number of aromatic carboxylic acids is 1. The Morgan fingerprint density at radius 3 is 2.41 bits per heavy atom. The molecule has 0 amide bonds. The van der Waals surface area contributed by atoms with E-state index in [0.717, 1.165) is 36.9 Å². The zero-order chi connectivity index (χ0) is 24.3. The van der Waals surface area contributed by atoms with Crippen molar-refractivity contribution in [2.45, 2.75) is 49.3 Å². The summed E-state index contributed by atoms with van der Waals surface area (Å²) in [6.45, 7) is 5.76. The molecule has 34 heavy (non-hydrogen) atoms. The molecule has 0 radical (unpaired) electrons. The molecule has 184 valence electrons. The zero-order valence-corrected chi connectivity index (χ0v) is 21.0. The minimum atomic E-state index is -3.75. The van der Waals surface area contributed by atoms with E-state index in [0.29, 0.717) is 6.54 Å². The van der Waals surface area contributed by atoms with Gasteiger partial charge in [-0.2, -0.15) is 0 Å². The number of likely N-dealkylation sites (N-methyl/N-ethyl adjacent to an activating group) is 1. The fourth-order valence-corrected chi connectivity index (χ4v) is 7.09. The van der Waals surface area contributed by atoms with Crippen molar-refractivity contribution in [3.63, 3.8) is 0 Å². The van der Waals surface area contributed by atoms with Crippen LogP contribution >= 0.6 is 0 Å². The van der Waals surface area contributed by atoms with Gasteiger partial charge in [-0.15, -0.1) is 0 Å². The van der Waals surface area contributed by atoms with Crippen LogP contribution in [0, 0.1) is 11.8 Å². The van der Waals surface area contributed by atoms with Crippen molar-refractivity contribution in [2.75, 3.05) is 33.2 Å². The number of fused-ring (bicyclic) bond motifs is 1. The van der Waals surface area contributed by atoms with Gasteiger partial charge >= 0.3 is 5.97 Å². The van der Waals surface area contributed by atoms with Crippen molar-refractivity contribution >= 4 is 16.0 Å². The van der Waals surface area contributed by atoms with Gasteiger partial charge in [0.1, 0.15) is 0 Å². The minimum absolute atomic E-state index is 0.0711. The van der Waals surface area contributed by atoms with Crippen molar-refractivity contribution in [3.05, 3.63) is 65.7 Å². The van der Waals surface area contributed by atoms with E-state index < -0.39 is 16.0 Å². The number of sulfonamides is 1. The summed E-state index contributed by atoms with van der Waals surface area (Å²) in [5, 5.41) is 9.12. The third kappa shape index (κ3) is 5.37. The Hall–Kier alpha value is -2.22. The number of hydrogen-bond acceptors (Lipinski definition) is 4. The summed E-state index contributed by atoms with van der Waals surface area (Å²) in [5.41, 5.74) is 0.854. The summed E-state index contributed by atoms with van der Waals surface area (Å²) in [6, 6.07) is 15.6. The van der Waals surface area contributed by atoms with Gasteiger partial charge < -0.3 is 10.0 Å². The van der Waals surface area contributed by atoms with Gasteiger partial charge in [0.25, 0.3) is 0 Å². The topological polar surface area (TPSA) is 77.9 Å². The number of nitrogens with zero attached hydrogens (tertiary/aromatic N) is 2. The van der Waals surface area contributed by atoms with E-state index in [1.54, 1.807) is 7.05 Å². The van der Waals surface area contributed by atoms with E-state index in [1.807, 2.05) is 18.2 Å². The number of carbonyl (C=O) groups is 1. The Kier molecular flexibility index (Phi) is 7.45. The number of benzene rings is 2. The second kappa shape index (κ2) is 10.2. The van der Waals surface area contributed by atoms with Crippen molar-refractivity contribution in [3.8, 4) is 0 Å². The molecule has 3 unspecified atom stereocenters. The van der Waals surface area contributed by atoms with E-state index in [4.69, 9.17) is 5.11 Å². The van der Waals surface area contributed by atoms with Crippen molar-refractivity contribution in [1.29, 1.82) is 0 Å². The normalized spacial score (nSPS) is 22.9. The van der Waals surface area contributed by atoms with Crippen LogP contribution in [0.15, 0.2) is 59.5 Å². The lowest BCUT2D eigenvalue weighted by Crippen LogP contribution is -2.44. The SMILES string of the molecule is CN(CC(C)(CCN1CCC2CCCC2C1)c1ccccc1)S(=O)(=O)c1ccc(C(=O)O)cc1. The van der Waals surface area contributed by atoms with E-state index in [1.165, 1.54) is 60.8 Å². The van der Waals surface area contributed by atoms with E-state index >= 15 is 0 Å². The highest BCUT2D eigenvalue weighted by Gasteiger charge is 2.36. The van der Waals surface area contributed by atoms with E-state index in [-0.39, 0.29) is 15.9 Å². The average molecular weight is 485 g/mol. The van der Waals surface area contributed by atoms with Crippen LogP contribution in [0.25, 0.3) is 0 Å². The molecule has 1 aliphatic heterocycles. The maximum atomic E-state index is 13.3. The number of likely N-dealkylation sites (tertiary alicyclic amines) is 1. The molecule has 1 heterocycles. The van der Waals surface area contributed by atoms with Gasteiger partial charge in [-0.05, 0) is 74.0 Å². The fourth-order valence-electron chi connectivity index (χ4n) is 5.79. The first-order valence-electron chi connectivity index (χ1n) is 12.3. The molecule has 4 rings (SSSR count). The molecule has 3 atom stereocenters. The monoisotopic (exact) mass is 484 g/mol. The van der Waals surface area contributed by atoms with Crippen LogP contribution in [0.4, 0.5) is 0 Å². The predicted octanol–water partition coefficient (Wildman–Crippen LogP) is 4.48. The van der Waals surface area contributed by atoms with Gasteiger partial charge in [-0.25, -0.2) is 17.5 Å². The van der Waals surface area contributed by atoms with Gasteiger partial charge in [0.05, 0.1) is 10.5 Å². The standard InChI is InChI=1S/C27H36N2O4S/c1-27(24-9-4-3-5-10-24,16-18-29-17-15-21-7-6-8-23(21)19-29)20-28(2)34(32,33)25-13-11-22(12-14-25)26(30)31/h3-5,9-14,21,23H,6-8,15-20H2,1-2H3,(H,30,31). The molecule has 2 aromatic rings. The smallest absolute Gasteiger partial charge is 0.335 e. The summed E-state index contributed by atoms with van der Waals surface area (Å²) in [6.07, 6.45) is 6.25. The number of piperidine rings is 1. The maximum Gasteiger partial charge on any atom is 0.335 e. The summed E-state index contributed by atoms with van der Waals surface area (Å²) in [4.78, 5) is 13.8. The molecule has 1 saturated carbocycles. The Morgan fingerprint density at radius 1 is 1.06 bits per heavy atom. The Morgan fingerprint density at radius 2 is 1.74 bits per heavy atom. The fraction of sp³-hybridized carbons (Fsp3) is 0.519. The van der Waals surface area contributed by atoms with Crippen molar-refractivity contribution < 1.29 is 18.3 Å². The van der Waals surface area contributed by atoms with Crippen LogP contribution in [0.2, 0.25) is 0 Å². The lowest BCUT2D eigenvalue weighted by Gasteiger charge is -2.39.